The number of hydrogen-bond donors (Lipinski definition) is 1. The Morgan fingerprint density at radius 3 is 2.67 bits per heavy atom. The molecule has 1 atom stereocenters. The van der Waals surface area contributed by atoms with Gasteiger partial charge < -0.3 is 15.1 Å². The molecule has 0 spiro atoms. The molecule has 1 aromatic rings. The molecule has 0 amide bonds. The number of hydrogen-bond acceptors (Lipinski definition) is 3. The fraction of sp³-hybridized carbons (Fsp3) is 0.667. The van der Waals surface area contributed by atoms with Crippen LogP contribution in [0, 0.1) is 12.8 Å². The first-order valence-corrected chi connectivity index (χ1v) is 8.22. The van der Waals surface area contributed by atoms with Crippen LogP contribution < -0.4 is 10.2 Å². The standard InChI is InChI=1S/C18H31N3/c1-14(2)11-19-12-17-6-7-18(15(3)10-17)21-9-8-20(5)13-16(21)4/h6-7,10,14,16,19H,8-9,11-13H2,1-5H3. The maximum Gasteiger partial charge on any atom is 0.0399 e. The topological polar surface area (TPSA) is 18.5 Å². The van der Waals surface area contributed by atoms with Crippen LogP contribution in [0.4, 0.5) is 5.69 Å². The van der Waals surface area contributed by atoms with Gasteiger partial charge in [0.2, 0.25) is 0 Å². The summed E-state index contributed by atoms with van der Waals surface area (Å²) in [4.78, 5) is 4.97. The van der Waals surface area contributed by atoms with Crippen LogP contribution in [0.25, 0.3) is 0 Å². The van der Waals surface area contributed by atoms with Gasteiger partial charge in [-0.3, -0.25) is 0 Å². The maximum atomic E-state index is 3.52. The van der Waals surface area contributed by atoms with Gasteiger partial charge in [-0.2, -0.15) is 0 Å². The summed E-state index contributed by atoms with van der Waals surface area (Å²) in [6.07, 6.45) is 0. The molecular formula is C18H31N3. The van der Waals surface area contributed by atoms with Gasteiger partial charge in [-0.25, -0.2) is 0 Å². The Hall–Kier alpha value is -1.06. The summed E-state index contributed by atoms with van der Waals surface area (Å²) in [6.45, 7) is 14.5. The van der Waals surface area contributed by atoms with E-state index in [1.165, 1.54) is 16.8 Å². The zero-order chi connectivity index (χ0) is 15.4. The molecule has 21 heavy (non-hydrogen) atoms. The van der Waals surface area contributed by atoms with Crippen LogP contribution in [0.1, 0.15) is 31.9 Å². The average Bonchev–Trinajstić information content (AvgIpc) is 2.39. The van der Waals surface area contributed by atoms with E-state index in [-0.39, 0.29) is 0 Å². The van der Waals surface area contributed by atoms with Crippen LogP contribution in [0.5, 0.6) is 0 Å². The van der Waals surface area contributed by atoms with Gasteiger partial charge >= 0.3 is 0 Å². The summed E-state index contributed by atoms with van der Waals surface area (Å²) >= 11 is 0. The van der Waals surface area contributed by atoms with Gasteiger partial charge in [-0.05, 0) is 50.6 Å². The lowest BCUT2D eigenvalue weighted by molar-refractivity contribution is 0.275. The molecule has 1 heterocycles. The highest BCUT2D eigenvalue weighted by molar-refractivity contribution is 5.55. The molecule has 0 bridgehead atoms. The predicted molar refractivity (Wildman–Crippen MR) is 92.0 cm³/mol. The van der Waals surface area contributed by atoms with Gasteiger partial charge in [-0.15, -0.1) is 0 Å². The van der Waals surface area contributed by atoms with Gasteiger partial charge in [0, 0.05) is 37.9 Å². The van der Waals surface area contributed by atoms with Crippen molar-refractivity contribution in [2.75, 3.05) is 38.1 Å². The number of likely N-dealkylation sites (N-methyl/N-ethyl adjacent to an activating group) is 1. The van der Waals surface area contributed by atoms with E-state index < -0.39 is 0 Å². The van der Waals surface area contributed by atoms with Crippen LogP contribution in [0.3, 0.4) is 0 Å². The number of rotatable bonds is 5. The third kappa shape index (κ3) is 4.45. The van der Waals surface area contributed by atoms with E-state index >= 15 is 0 Å². The highest BCUT2D eigenvalue weighted by atomic mass is 15.3. The number of piperazine rings is 1. The molecule has 1 saturated heterocycles. The molecule has 1 fully saturated rings. The lowest BCUT2D eigenvalue weighted by atomic mass is 10.1. The Labute approximate surface area is 130 Å². The van der Waals surface area contributed by atoms with Crippen molar-refractivity contribution in [3.05, 3.63) is 29.3 Å². The van der Waals surface area contributed by atoms with Gasteiger partial charge in [-0.1, -0.05) is 26.0 Å². The maximum absolute atomic E-state index is 3.52. The molecule has 0 aliphatic carbocycles. The Bertz CT molecular complexity index is 456. The van der Waals surface area contributed by atoms with Crippen molar-refractivity contribution in [1.29, 1.82) is 0 Å². The van der Waals surface area contributed by atoms with Crippen LogP contribution in [-0.2, 0) is 6.54 Å². The van der Waals surface area contributed by atoms with Crippen molar-refractivity contribution in [3.63, 3.8) is 0 Å². The Kier molecular flexibility index (Phi) is 5.65. The molecule has 1 N–H and O–H groups in total. The molecule has 0 radical (unpaired) electrons. The van der Waals surface area contributed by atoms with Crippen molar-refractivity contribution < 1.29 is 0 Å². The number of nitrogens with zero attached hydrogens (tertiary/aromatic N) is 2. The fourth-order valence-electron chi connectivity index (χ4n) is 3.15. The van der Waals surface area contributed by atoms with Crippen molar-refractivity contribution in [2.45, 2.75) is 40.3 Å². The second-order valence-corrected chi connectivity index (χ2v) is 6.95. The first-order valence-electron chi connectivity index (χ1n) is 8.22. The van der Waals surface area contributed by atoms with E-state index in [9.17, 15) is 0 Å². The molecule has 1 aliphatic rings. The van der Waals surface area contributed by atoms with Crippen LogP contribution in [0.2, 0.25) is 0 Å². The normalized spacial score (nSPS) is 20.3. The second-order valence-electron chi connectivity index (χ2n) is 6.95. The molecule has 3 nitrogen and oxygen atoms in total. The smallest absolute Gasteiger partial charge is 0.0399 e. The highest BCUT2D eigenvalue weighted by Crippen LogP contribution is 2.25. The van der Waals surface area contributed by atoms with Crippen molar-refractivity contribution in [3.8, 4) is 0 Å². The van der Waals surface area contributed by atoms with Crippen molar-refractivity contribution in [2.24, 2.45) is 5.92 Å². The average molecular weight is 289 g/mol. The third-order valence-corrected chi connectivity index (χ3v) is 4.28. The molecule has 118 valence electrons. The quantitative estimate of drug-likeness (QED) is 0.899. The Morgan fingerprint density at radius 2 is 2.05 bits per heavy atom. The number of nitrogens with one attached hydrogen (secondary N) is 1. The summed E-state index contributed by atoms with van der Waals surface area (Å²) in [5.74, 6) is 0.705. The highest BCUT2D eigenvalue weighted by Gasteiger charge is 2.22. The Morgan fingerprint density at radius 1 is 1.29 bits per heavy atom. The SMILES string of the molecule is Cc1cc(CNCC(C)C)ccc1N1CCN(C)CC1C. The molecule has 3 heteroatoms. The van der Waals surface area contributed by atoms with Gasteiger partial charge in [0.05, 0.1) is 0 Å². The lowest BCUT2D eigenvalue weighted by Gasteiger charge is -2.40. The number of benzene rings is 1. The second kappa shape index (κ2) is 7.28. The monoisotopic (exact) mass is 289 g/mol. The molecule has 0 aromatic heterocycles. The lowest BCUT2D eigenvalue weighted by Crippen LogP contribution is -2.50. The van der Waals surface area contributed by atoms with E-state index in [2.05, 4.69) is 68.1 Å². The van der Waals surface area contributed by atoms with Crippen LogP contribution in [0.15, 0.2) is 18.2 Å². The minimum absolute atomic E-state index is 0.590. The van der Waals surface area contributed by atoms with Crippen LogP contribution >= 0.6 is 0 Å². The van der Waals surface area contributed by atoms with E-state index in [1.807, 2.05) is 0 Å². The summed E-state index contributed by atoms with van der Waals surface area (Å²) in [7, 11) is 2.21. The zero-order valence-electron chi connectivity index (χ0n) is 14.3. The zero-order valence-corrected chi connectivity index (χ0v) is 14.3. The van der Waals surface area contributed by atoms with Gasteiger partial charge in [0.1, 0.15) is 0 Å². The Balaban J connectivity index is 2.02. The van der Waals surface area contributed by atoms with E-state index in [1.54, 1.807) is 0 Å². The molecule has 2 rings (SSSR count). The van der Waals surface area contributed by atoms with Gasteiger partial charge in [0.15, 0.2) is 0 Å². The largest absolute Gasteiger partial charge is 0.366 e. The third-order valence-electron chi connectivity index (χ3n) is 4.28. The van der Waals surface area contributed by atoms with E-state index in [0.717, 1.165) is 32.7 Å². The van der Waals surface area contributed by atoms with Crippen molar-refractivity contribution in [1.82, 2.24) is 10.2 Å². The summed E-state index contributed by atoms with van der Waals surface area (Å²) in [6, 6.07) is 7.52. The molecular weight excluding hydrogens is 258 g/mol. The minimum atomic E-state index is 0.590. The fourth-order valence-corrected chi connectivity index (χ4v) is 3.15. The van der Waals surface area contributed by atoms with E-state index in [4.69, 9.17) is 0 Å². The minimum Gasteiger partial charge on any atom is -0.366 e. The van der Waals surface area contributed by atoms with Crippen molar-refractivity contribution >= 4 is 5.69 Å². The van der Waals surface area contributed by atoms with E-state index in [0.29, 0.717) is 12.0 Å². The molecule has 1 aliphatic heterocycles. The van der Waals surface area contributed by atoms with Gasteiger partial charge in [0.25, 0.3) is 0 Å². The predicted octanol–water partition coefficient (Wildman–Crippen LogP) is 2.88. The number of anilines is 1. The molecule has 1 aromatic carbocycles. The van der Waals surface area contributed by atoms with Crippen LogP contribution in [-0.4, -0.2) is 44.2 Å². The first kappa shape index (κ1) is 16.3. The number of aryl methyl sites for hydroxylation is 1. The summed E-state index contributed by atoms with van der Waals surface area (Å²) < 4.78 is 0. The molecule has 1 unspecified atom stereocenters. The summed E-state index contributed by atoms with van der Waals surface area (Å²) in [5.41, 5.74) is 4.19. The first-order chi connectivity index (χ1) is 9.97. The molecule has 0 saturated carbocycles. The summed E-state index contributed by atoms with van der Waals surface area (Å²) in [5, 5.41) is 3.52.